The van der Waals surface area contributed by atoms with Gasteiger partial charge in [-0.05, 0) is 45.6 Å². The van der Waals surface area contributed by atoms with Crippen LogP contribution in [0.2, 0.25) is 0 Å². The molecule has 3 aromatic rings. The third-order valence-corrected chi connectivity index (χ3v) is 5.93. The number of hydrogen-bond acceptors (Lipinski definition) is 7. The van der Waals surface area contributed by atoms with Crippen LogP contribution in [0.15, 0.2) is 53.7 Å². The number of nitrogens with one attached hydrogen (secondary N) is 1. The van der Waals surface area contributed by atoms with Gasteiger partial charge in [-0.1, -0.05) is 43.0 Å². The van der Waals surface area contributed by atoms with Gasteiger partial charge in [0.05, 0.1) is 16.7 Å². The van der Waals surface area contributed by atoms with Crippen LogP contribution in [-0.4, -0.2) is 50.3 Å². The van der Waals surface area contributed by atoms with Gasteiger partial charge in [-0.15, -0.1) is 10.2 Å². The summed E-state index contributed by atoms with van der Waals surface area (Å²) in [6.07, 6.45) is 0.856. The molecule has 1 aromatic heterocycles. The van der Waals surface area contributed by atoms with Crippen LogP contribution in [0.1, 0.15) is 30.8 Å². The summed E-state index contributed by atoms with van der Waals surface area (Å²) < 4.78 is 1.98. The molecule has 0 saturated carbocycles. The van der Waals surface area contributed by atoms with Gasteiger partial charge in [-0.3, -0.25) is 24.4 Å². The summed E-state index contributed by atoms with van der Waals surface area (Å²) in [6, 6.07) is 14.5. The van der Waals surface area contributed by atoms with E-state index in [2.05, 4.69) is 27.3 Å². The minimum Gasteiger partial charge on any atom is -0.325 e. The standard InChI is InChI=1S/C22H26N6O3S/c1-5-18(26(3)4)21-24-25-22(27(21)17-9-7-6-8-10-17)32-14-20(29)23-16-12-11-15(2)19(13-16)28(30)31/h6-13,18H,5,14H2,1-4H3,(H,23,29)/t18-/m0/s1. The summed E-state index contributed by atoms with van der Waals surface area (Å²) in [6.45, 7) is 3.75. The monoisotopic (exact) mass is 454 g/mol. The Kier molecular flexibility index (Phi) is 7.60. The Balaban J connectivity index is 1.80. The predicted molar refractivity (Wildman–Crippen MR) is 125 cm³/mol. The minimum atomic E-state index is -0.460. The Bertz CT molecular complexity index is 1100. The van der Waals surface area contributed by atoms with E-state index in [1.807, 2.05) is 49.0 Å². The second kappa shape index (κ2) is 10.4. The van der Waals surface area contributed by atoms with Crippen LogP contribution in [0, 0.1) is 17.0 Å². The number of carbonyl (C=O) groups is 1. The molecular formula is C22H26N6O3S. The maximum atomic E-state index is 12.5. The molecule has 0 spiro atoms. The SMILES string of the molecule is CC[C@@H](c1nnc(SCC(=O)Nc2ccc(C)c([N+](=O)[O-])c2)n1-c1ccccc1)N(C)C. The Labute approximate surface area is 191 Å². The van der Waals surface area contributed by atoms with Crippen molar-refractivity contribution < 1.29 is 9.72 Å². The van der Waals surface area contributed by atoms with Crippen molar-refractivity contribution in [3.63, 3.8) is 0 Å². The Morgan fingerprint density at radius 3 is 2.56 bits per heavy atom. The zero-order valence-electron chi connectivity index (χ0n) is 18.5. The normalized spacial score (nSPS) is 12.0. The molecule has 168 valence electrons. The van der Waals surface area contributed by atoms with Crippen LogP contribution >= 0.6 is 11.8 Å². The van der Waals surface area contributed by atoms with Gasteiger partial charge in [0.15, 0.2) is 11.0 Å². The van der Waals surface area contributed by atoms with Crippen molar-refractivity contribution >= 4 is 29.0 Å². The lowest BCUT2D eigenvalue weighted by Crippen LogP contribution is -2.23. The van der Waals surface area contributed by atoms with Crippen LogP contribution in [-0.2, 0) is 4.79 Å². The van der Waals surface area contributed by atoms with E-state index in [0.717, 1.165) is 17.9 Å². The molecule has 0 aliphatic heterocycles. The highest BCUT2D eigenvalue weighted by atomic mass is 32.2. The van der Waals surface area contributed by atoms with Crippen LogP contribution < -0.4 is 5.32 Å². The fourth-order valence-corrected chi connectivity index (χ4v) is 4.16. The maximum Gasteiger partial charge on any atom is 0.274 e. The molecular weight excluding hydrogens is 428 g/mol. The molecule has 0 bridgehead atoms. The van der Waals surface area contributed by atoms with E-state index >= 15 is 0 Å². The highest BCUT2D eigenvalue weighted by molar-refractivity contribution is 7.99. The van der Waals surface area contributed by atoms with Gasteiger partial charge in [0.2, 0.25) is 5.91 Å². The van der Waals surface area contributed by atoms with E-state index in [1.165, 1.54) is 17.8 Å². The Morgan fingerprint density at radius 2 is 1.94 bits per heavy atom. The quantitative estimate of drug-likeness (QED) is 0.293. The van der Waals surface area contributed by atoms with E-state index in [0.29, 0.717) is 16.4 Å². The molecule has 0 aliphatic rings. The summed E-state index contributed by atoms with van der Waals surface area (Å²) in [4.78, 5) is 25.3. The van der Waals surface area contributed by atoms with Crippen LogP contribution in [0.25, 0.3) is 5.69 Å². The highest BCUT2D eigenvalue weighted by Gasteiger charge is 2.23. The first-order valence-electron chi connectivity index (χ1n) is 10.2. The first-order valence-corrected chi connectivity index (χ1v) is 11.1. The van der Waals surface area contributed by atoms with E-state index in [9.17, 15) is 14.9 Å². The largest absolute Gasteiger partial charge is 0.325 e. The summed E-state index contributed by atoms with van der Waals surface area (Å²) in [7, 11) is 4.00. The zero-order valence-corrected chi connectivity index (χ0v) is 19.3. The fraction of sp³-hybridized carbons (Fsp3) is 0.318. The number of amides is 1. The number of nitrogens with zero attached hydrogens (tertiary/aromatic N) is 5. The second-order valence-corrected chi connectivity index (χ2v) is 8.44. The molecule has 32 heavy (non-hydrogen) atoms. The zero-order chi connectivity index (χ0) is 23.3. The molecule has 0 aliphatic carbocycles. The van der Waals surface area contributed by atoms with Crippen LogP contribution in [0.3, 0.4) is 0 Å². The molecule has 0 unspecified atom stereocenters. The second-order valence-electron chi connectivity index (χ2n) is 7.49. The maximum absolute atomic E-state index is 12.5. The number of anilines is 1. The number of aromatic nitrogens is 3. The third-order valence-electron chi connectivity index (χ3n) is 5.00. The Hall–Kier alpha value is -3.24. The number of rotatable bonds is 9. The average molecular weight is 455 g/mol. The molecule has 9 nitrogen and oxygen atoms in total. The summed E-state index contributed by atoms with van der Waals surface area (Å²) in [5.41, 5.74) is 1.82. The van der Waals surface area contributed by atoms with E-state index in [4.69, 9.17) is 0 Å². The van der Waals surface area contributed by atoms with Crippen molar-refractivity contribution in [2.45, 2.75) is 31.5 Å². The molecule has 0 radical (unpaired) electrons. The summed E-state index contributed by atoms with van der Waals surface area (Å²) in [5.74, 6) is 0.614. The lowest BCUT2D eigenvalue weighted by molar-refractivity contribution is -0.385. The molecule has 0 fully saturated rings. The number of hydrogen-bond donors (Lipinski definition) is 1. The molecule has 1 heterocycles. The van der Waals surface area contributed by atoms with E-state index in [1.54, 1.807) is 19.1 Å². The van der Waals surface area contributed by atoms with Crippen molar-refractivity contribution in [1.29, 1.82) is 0 Å². The minimum absolute atomic E-state index is 0.0294. The number of para-hydroxylation sites is 1. The van der Waals surface area contributed by atoms with Gasteiger partial charge in [0.1, 0.15) is 0 Å². The number of benzene rings is 2. The molecule has 0 saturated heterocycles. The number of nitro groups is 1. The van der Waals surface area contributed by atoms with Crippen LogP contribution in [0.4, 0.5) is 11.4 Å². The summed E-state index contributed by atoms with van der Waals surface area (Å²) >= 11 is 1.27. The van der Waals surface area contributed by atoms with Crippen molar-refractivity contribution in [2.75, 3.05) is 25.2 Å². The average Bonchev–Trinajstić information content (AvgIpc) is 3.18. The molecule has 1 atom stereocenters. The fourth-order valence-electron chi connectivity index (χ4n) is 3.40. The van der Waals surface area contributed by atoms with Gasteiger partial charge in [0, 0.05) is 23.0 Å². The van der Waals surface area contributed by atoms with Gasteiger partial charge in [0.25, 0.3) is 5.69 Å². The summed E-state index contributed by atoms with van der Waals surface area (Å²) in [5, 5.41) is 23.3. The predicted octanol–water partition coefficient (Wildman–Crippen LogP) is 4.23. The number of aryl methyl sites for hydroxylation is 1. The molecule has 1 amide bonds. The molecule has 2 aromatic carbocycles. The lowest BCUT2D eigenvalue weighted by Gasteiger charge is -2.23. The van der Waals surface area contributed by atoms with Crippen LogP contribution in [0.5, 0.6) is 0 Å². The number of nitro benzene ring substituents is 1. The smallest absolute Gasteiger partial charge is 0.274 e. The van der Waals surface area contributed by atoms with Gasteiger partial charge in [-0.2, -0.15) is 0 Å². The Morgan fingerprint density at radius 1 is 1.22 bits per heavy atom. The molecule has 3 rings (SSSR count). The highest BCUT2D eigenvalue weighted by Crippen LogP contribution is 2.29. The first-order chi connectivity index (χ1) is 15.3. The van der Waals surface area contributed by atoms with Crippen molar-refractivity contribution in [1.82, 2.24) is 19.7 Å². The lowest BCUT2D eigenvalue weighted by atomic mass is 10.2. The first kappa shape index (κ1) is 23.4. The van der Waals surface area contributed by atoms with Gasteiger partial charge in [-0.25, -0.2) is 0 Å². The van der Waals surface area contributed by atoms with Gasteiger partial charge < -0.3 is 5.32 Å². The number of carbonyl (C=O) groups excluding carboxylic acids is 1. The van der Waals surface area contributed by atoms with E-state index in [-0.39, 0.29) is 23.4 Å². The topological polar surface area (TPSA) is 106 Å². The van der Waals surface area contributed by atoms with Crippen molar-refractivity contribution in [2.24, 2.45) is 0 Å². The molecule has 10 heteroatoms. The molecule has 1 N–H and O–H groups in total. The van der Waals surface area contributed by atoms with Crippen molar-refractivity contribution in [3.8, 4) is 5.69 Å². The third kappa shape index (κ3) is 5.32. The van der Waals surface area contributed by atoms with E-state index < -0.39 is 4.92 Å². The van der Waals surface area contributed by atoms with Crippen molar-refractivity contribution in [3.05, 3.63) is 70.0 Å². The number of thioether (sulfide) groups is 1. The van der Waals surface area contributed by atoms with Gasteiger partial charge >= 0.3 is 0 Å².